The fraction of sp³-hybridized carbons (Fsp3) is 0.158. The molecule has 0 aliphatic carbocycles. The highest BCUT2D eigenvalue weighted by atomic mass is 19.1. The third-order valence-electron chi connectivity index (χ3n) is 4.37. The van der Waals surface area contributed by atoms with E-state index in [0.717, 1.165) is 11.3 Å². The third kappa shape index (κ3) is 2.65. The zero-order chi connectivity index (χ0) is 17.4. The van der Waals surface area contributed by atoms with Gasteiger partial charge in [-0.25, -0.2) is 9.07 Å². The first-order valence-electron chi connectivity index (χ1n) is 7.91. The van der Waals surface area contributed by atoms with Crippen LogP contribution in [0.25, 0.3) is 5.69 Å². The lowest BCUT2D eigenvalue weighted by Gasteiger charge is -2.16. The van der Waals surface area contributed by atoms with Crippen LogP contribution < -0.4 is 4.74 Å². The molecule has 2 heterocycles. The van der Waals surface area contributed by atoms with Gasteiger partial charge >= 0.3 is 0 Å². The Morgan fingerprint density at radius 2 is 2.00 bits per heavy atom. The van der Waals surface area contributed by atoms with Crippen molar-refractivity contribution in [1.82, 2.24) is 14.7 Å². The Hall–Kier alpha value is -3.15. The minimum Gasteiger partial charge on any atom is -0.496 e. The Morgan fingerprint density at radius 1 is 1.20 bits per heavy atom. The molecule has 1 aromatic heterocycles. The molecule has 25 heavy (non-hydrogen) atoms. The maximum absolute atomic E-state index is 14.1. The van der Waals surface area contributed by atoms with Crippen molar-refractivity contribution in [2.75, 3.05) is 7.11 Å². The van der Waals surface area contributed by atoms with Crippen LogP contribution in [0.5, 0.6) is 5.75 Å². The summed E-state index contributed by atoms with van der Waals surface area (Å²) in [7, 11) is 1.48. The van der Waals surface area contributed by atoms with E-state index in [1.165, 1.54) is 19.2 Å². The van der Waals surface area contributed by atoms with Crippen LogP contribution in [0.15, 0.2) is 54.9 Å². The van der Waals surface area contributed by atoms with Gasteiger partial charge in [0.2, 0.25) is 0 Å². The third-order valence-corrected chi connectivity index (χ3v) is 4.37. The highest BCUT2D eigenvalue weighted by molar-refractivity contribution is 6.01. The number of ether oxygens (including phenoxy) is 1. The lowest BCUT2D eigenvalue weighted by molar-refractivity contribution is 0.0764. The molecule has 0 saturated carbocycles. The van der Waals surface area contributed by atoms with E-state index in [0.29, 0.717) is 23.4 Å². The van der Waals surface area contributed by atoms with Gasteiger partial charge in [-0.2, -0.15) is 5.10 Å². The summed E-state index contributed by atoms with van der Waals surface area (Å²) in [6, 6.07) is 12.5. The number of hydrogen-bond donors (Lipinski definition) is 0. The predicted octanol–water partition coefficient (Wildman–Crippen LogP) is 3.18. The molecule has 4 rings (SSSR count). The average Bonchev–Trinajstić information content (AvgIpc) is 3.27. The van der Waals surface area contributed by atoms with E-state index < -0.39 is 0 Å². The van der Waals surface area contributed by atoms with Crippen LogP contribution in [0.3, 0.4) is 0 Å². The molecular weight excluding hydrogens is 321 g/mol. The summed E-state index contributed by atoms with van der Waals surface area (Å²) >= 11 is 0. The maximum atomic E-state index is 14.1. The largest absolute Gasteiger partial charge is 0.496 e. The van der Waals surface area contributed by atoms with E-state index in [1.807, 2.05) is 36.5 Å². The summed E-state index contributed by atoms with van der Waals surface area (Å²) in [4.78, 5) is 14.3. The minimum atomic E-state index is -0.374. The summed E-state index contributed by atoms with van der Waals surface area (Å²) in [5.74, 6) is -0.166. The quantitative estimate of drug-likeness (QED) is 0.735. The molecule has 0 spiro atoms. The van der Waals surface area contributed by atoms with Crippen molar-refractivity contribution in [3.63, 3.8) is 0 Å². The second kappa shape index (κ2) is 6.05. The Labute approximate surface area is 144 Å². The highest BCUT2D eigenvalue weighted by Gasteiger charge is 2.33. The van der Waals surface area contributed by atoms with Gasteiger partial charge in [-0.15, -0.1) is 0 Å². The van der Waals surface area contributed by atoms with Gasteiger partial charge in [0.1, 0.15) is 11.6 Å². The van der Waals surface area contributed by atoms with Gasteiger partial charge in [-0.1, -0.05) is 12.1 Å². The molecule has 0 N–H and O–H groups in total. The number of carbonyl (C=O) groups is 1. The molecule has 0 unspecified atom stereocenters. The van der Waals surface area contributed by atoms with Crippen LogP contribution in [0, 0.1) is 5.82 Å². The highest BCUT2D eigenvalue weighted by Crippen LogP contribution is 2.33. The number of methoxy groups -OCH3 is 1. The van der Waals surface area contributed by atoms with Crippen LogP contribution in [-0.2, 0) is 13.1 Å². The van der Waals surface area contributed by atoms with Gasteiger partial charge < -0.3 is 9.64 Å². The summed E-state index contributed by atoms with van der Waals surface area (Å²) < 4.78 is 21.0. The number of hydrogen-bond acceptors (Lipinski definition) is 3. The van der Waals surface area contributed by atoms with Crippen molar-refractivity contribution in [3.05, 3.63) is 77.4 Å². The number of amides is 1. The van der Waals surface area contributed by atoms with Gasteiger partial charge in [0, 0.05) is 24.5 Å². The summed E-state index contributed by atoms with van der Waals surface area (Å²) in [6.45, 7) is 0.660. The standard InChI is InChI=1S/C19H16FN3O2/c1-25-17-8-7-16(20)15-12-22(19(24)18(15)17)11-13-3-5-14(6-4-13)23-10-2-9-21-23/h2-10H,11-12H2,1H3. The fourth-order valence-corrected chi connectivity index (χ4v) is 3.10. The van der Waals surface area contributed by atoms with Crippen molar-refractivity contribution in [2.24, 2.45) is 0 Å². The number of rotatable bonds is 4. The van der Waals surface area contributed by atoms with E-state index in [4.69, 9.17) is 4.74 Å². The first-order chi connectivity index (χ1) is 12.2. The van der Waals surface area contributed by atoms with Crippen LogP contribution in [0.4, 0.5) is 4.39 Å². The molecule has 1 amide bonds. The number of nitrogens with zero attached hydrogens (tertiary/aromatic N) is 3. The first kappa shape index (κ1) is 15.4. The lowest BCUT2D eigenvalue weighted by Crippen LogP contribution is -2.23. The average molecular weight is 337 g/mol. The summed E-state index contributed by atoms with van der Waals surface area (Å²) in [6.07, 6.45) is 3.58. The minimum absolute atomic E-state index is 0.206. The van der Waals surface area contributed by atoms with E-state index in [2.05, 4.69) is 5.10 Å². The molecule has 0 saturated heterocycles. The van der Waals surface area contributed by atoms with Gasteiger partial charge in [0.25, 0.3) is 5.91 Å². The molecule has 1 aliphatic rings. The number of benzene rings is 2. The van der Waals surface area contributed by atoms with Crippen molar-refractivity contribution in [1.29, 1.82) is 0 Å². The molecule has 2 aromatic carbocycles. The van der Waals surface area contributed by atoms with Crippen molar-refractivity contribution >= 4 is 5.91 Å². The zero-order valence-corrected chi connectivity index (χ0v) is 13.6. The second-order valence-corrected chi connectivity index (χ2v) is 5.88. The fourth-order valence-electron chi connectivity index (χ4n) is 3.10. The molecular formula is C19H16FN3O2. The number of fused-ring (bicyclic) bond motifs is 1. The Kier molecular flexibility index (Phi) is 3.72. The number of aromatic nitrogens is 2. The van der Waals surface area contributed by atoms with E-state index in [-0.39, 0.29) is 18.3 Å². The van der Waals surface area contributed by atoms with Crippen LogP contribution >= 0.6 is 0 Å². The molecule has 0 atom stereocenters. The second-order valence-electron chi connectivity index (χ2n) is 5.88. The van der Waals surface area contributed by atoms with Crippen LogP contribution in [0.2, 0.25) is 0 Å². The van der Waals surface area contributed by atoms with E-state index in [9.17, 15) is 9.18 Å². The smallest absolute Gasteiger partial charge is 0.258 e. The SMILES string of the molecule is COc1ccc(F)c2c1C(=O)N(Cc1ccc(-n3cccn3)cc1)C2. The summed E-state index contributed by atoms with van der Waals surface area (Å²) in [5, 5.41) is 4.18. The molecule has 0 fully saturated rings. The van der Waals surface area contributed by atoms with Crippen molar-refractivity contribution < 1.29 is 13.9 Å². The maximum Gasteiger partial charge on any atom is 0.258 e. The lowest BCUT2D eigenvalue weighted by atomic mass is 10.1. The Morgan fingerprint density at radius 3 is 2.68 bits per heavy atom. The monoisotopic (exact) mass is 337 g/mol. The summed E-state index contributed by atoms with van der Waals surface area (Å²) in [5.41, 5.74) is 2.64. The molecule has 0 bridgehead atoms. The van der Waals surface area contributed by atoms with Gasteiger partial charge in [0.15, 0.2) is 0 Å². The molecule has 5 nitrogen and oxygen atoms in total. The van der Waals surface area contributed by atoms with Gasteiger partial charge in [-0.05, 0) is 35.9 Å². The number of halogens is 1. The Bertz CT molecular complexity index is 921. The van der Waals surface area contributed by atoms with Crippen LogP contribution in [0.1, 0.15) is 21.5 Å². The van der Waals surface area contributed by atoms with Crippen LogP contribution in [-0.4, -0.2) is 27.7 Å². The number of carbonyl (C=O) groups excluding carboxylic acids is 1. The Balaban J connectivity index is 1.56. The van der Waals surface area contributed by atoms with Gasteiger partial charge in [-0.3, -0.25) is 4.79 Å². The normalized spacial score (nSPS) is 13.2. The zero-order valence-electron chi connectivity index (χ0n) is 13.6. The molecule has 3 aromatic rings. The van der Waals surface area contributed by atoms with Crippen molar-refractivity contribution in [2.45, 2.75) is 13.1 Å². The van der Waals surface area contributed by atoms with E-state index in [1.54, 1.807) is 15.8 Å². The van der Waals surface area contributed by atoms with E-state index >= 15 is 0 Å². The van der Waals surface area contributed by atoms with Crippen molar-refractivity contribution in [3.8, 4) is 11.4 Å². The predicted molar refractivity (Wildman–Crippen MR) is 90.1 cm³/mol. The van der Waals surface area contributed by atoms with Gasteiger partial charge in [0.05, 0.1) is 24.9 Å². The topological polar surface area (TPSA) is 47.4 Å². The molecule has 6 heteroatoms. The molecule has 0 radical (unpaired) electrons. The molecule has 1 aliphatic heterocycles. The first-order valence-corrected chi connectivity index (χ1v) is 7.91. The molecule has 126 valence electrons.